The van der Waals surface area contributed by atoms with E-state index in [1.54, 1.807) is 0 Å². The monoisotopic (exact) mass is 255 g/mol. The van der Waals surface area contributed by atoms with E-state index in [0.717, 1.165) is 18.2 Å². The molecule has 0 unspecified atom stereocenters. The molecular formula is C13H25N3S. The topological polar surface area (TPSA) is 18.5 Å². The lowest BCUT2D eigenvalue weighted by Gasteiger charge is -2.36. The molecule has 0 spiro atoms. The van der Waals surface area contributed by atoms with Crippen LogP contribution in [0.1, 0.15) is 39.0 Å². The van der Waals surface area contributed by atoms with Gasteiger partial charge in [-0.15, -0.1) is 0 Å². The number of piperazine rings is 1. The lowest BCUT2D eigenvalue weighted by atomic mass is 10.2. The van der Waals surface area contributed by atoms with Crippen LogP contribution in [0.15, 0.2) is 0 Å². The Bertz CT molecular complexity index is 243. The van der Waals surface area contributed by atoms with Crippen LogP contribution in [-0.2, 0) is 0 Å². The van der Waals surface area contributed by atoms with Crippen molar-refractivity contribution in [3.05, 3.63) is 0 Å². The van der Waals surface area contributed by atoms with Crippen LogP contribution in [0.4, 0.5) is 0 Å². The molecule has 2 aliphatic rings. The van der Waals surface area contributed by atoms with Gasteiger partial charge in [-0.25, -0.2) is 0 Å². The molecule has 1 aliphatic carbocycles. The third-order valence-corrected chi connectivity index (χ3v) is 4.26. The van der Waals surface area contributed by atoms with Crippen molar-refractivity contribution in [1.29, 1.82) is 0 Å². The van der Waals surface area contributed by atoms with E-state index < -0.39 is 0 Å². The van der Waals surface area contributed by atoms with Crippen LogP contribution < -0.4 is 5.32 Å². The largest absolute Gasteiger partial charge is 0.360 e. The van der Waals surface area contributed by atoms with Crippen molar-refractivity contribution in [2.45, 2.75) is 45.1 Å². The van der Waals surface area contributed by atoms with E-state index in [1.165, 1.54) is 51.7 Å². The molecule has 1 heterocycles. The van der Waals surface area contributed by atoms with Crippen LogP contribution in [-0.4, -0.2) is 53.7 Å². The minimum atomic E-state index is 0.649. The van der Waals surface area contributed by atoms with E-state index in [2.05, 4.69) is 22.0 Å². The molecule has 2 fully saturated rings. The first kappa shape index (κ1) is 13.1. The average molecular weight is 255 g/mol. The van der Waals surface area contributed by atoms with E-state index in [4.69, 9.17) is 12.2 Å². The van der Waals surface area contributed by atoms with Crippen molar-refractivity contribution in [3.8, 4) is 0 Å². The fourth-order valence-corrected chi connectivity index (χ4v) is 3.18. The smallest absolute Gasteiger partial charge is 0.169 e. The number of thiocarbonyl (C=S) groups is 1. The Hall–Kier alpha value is -0.350. The zero-order valence-corrected chi connectivity index (χ0v) is 11.8. The number of nitrogens with zero attached hydrogens (tertiary/aromatic N) is 2. The number of nitrogens with one attached hydrogen (secondary N) is 1. The summed E-state index contributed by atoms with van der Waals surface area (Å²) in [5.74, 6) is 0. The molecule has 0 aromatic rings. The van der Waals surface area contributed by atoms with Gasteiger partial charge in [0.25, 0.3) is 0 Å². The molecular weight excluding hydrogens is 230 g/mol. The zero-order valence-electron chi connectivity index (χ0n) is 11.0. The van der Waals surface area contributed by atoms with Gasteiger partial charge in [0.1, 0.15) is 0 Å². The van der Waals surface area contributed by atoms with E-state index >= 15 is 0 Å². The Morgan fingerprint density at radius 3 is 2.41 bits per heavy atom. The molecule has 1 saturated carbocycles. The SMILES string of the molecule is CCCN1CCN(C(=S)NC2CCCC2)CC1. The maximum atomic E-state index is 5.51. The number of hydrogen-bond donors (Lipinski definition) is 1. The summed E-state index contributed by atoms with van der Waals surface area (Å²) in [5.41, 5.74) is 0. The van der Waals surface area contributed by atoms with Crippen LogP contribution in [0.3, 0.4) is 0 Å². The third kappa shape index (κ3) is 3.81. The quantitative estimate of drug-likeness (QED) is 0.775. The van der Waals surface area contributed by atoms with Gasteiger partial charge in [0, 0.05) is 32.2 Å². The first-order valence-electron chi connectivity index (χ1n) is 7.07. The van der Waals surface area contributed by atoms with Gasteiger partial charge in [0.15, 0.2) is 5.11 Å². The Labute approximate surface area is 111 Å². The highest BCUT2D eigenvalue weighted by molar-refractivity contribution is 7.80. The second-order valence-corrected chi connectivity index (χ2v) is 5.65. The van der Waals surface area contributed by atoms with Crippen LogP contribution >= 0.6 is 12.2 Å². The van der Waals surface area contributed by atoms with E-state index in [-0.39, 0.29) is 0 Å². The summed E-state index contributed by atoms with van der Waals surface area (Å²) >= 11 is 5.51. The van der Waals surface area contributed by atoms with Gasteiger partial charge in [-0.05, 0) is 38.0 Å². The standard InChI is InChI=1S/C13H25N3S/c1-2-7-15-8-10-16(11-9-15)13(17)14-12-5-3-4-6-12/h12H,2-11H2,1H3,(H,14,17). The average Bonchev–Trinajstić information content (AvgIpc) is 2.83. The van der Waals surface area contributed by atoms with E-state index in [1.807, 2.05) is 0 Å². The molecule has 0 amide bonds. The maximum absolute atomic E-state index is 5.51. The molecule has 1 saturated heterocycles. The lowest BCUT2D eigenvalue weighted by Crippen LogP contribution is -2.53. The van der Waals surface area contributed by atoms with Gasteiger partial charge in [0.05, 0.1) is 0 Å². The van der Waals surface area contributed by atoms with Crippen LogP contribution in [0, 0.1) is 0 Å². The van der Waals surface area contributed by atoms with Gasteiger partial charge < -0.3 is 10.2 Å². The molecule has 3 nitrogen and oxygen atoms in total. The highest BCUT2D eigenvalue weighted by atomic mass is 32.1. The van der Waals surface area contributed by atoms with Crippen LogP contribution in [0.25, 0.3) is 0 Å². The van der Waals surface area contributed by atoms with Gasteiger partial charge in [-0.2, -0.15) is 0 Å². The molecule has 1 N–H and O–H groups in total. The minimum absolute atomic E-state index is 0.649. The Kier molecular flexibility index (Phi) is 5.04. The summed E-state index contributed by atoms with van der Waals surface area (Å²) in [7, 11) is 0. The maximum Gasteiger partial charge on any atom is 0.169 e. The summed E-state index contributed by atoms with van der Waals surface area (Å²) in [6.07, 6.45) is 6.59. The molecule has 0 bridgehead atoms. The van der Waals surface area contributed by atoms with Crippen molar-refractivity contribution < 1.29 is 0 Å². The normalized spacial score (nSPS) is 23.0. The fourth-order valence-electron chi connectivity index (χ4n) is 2.83. The van der Waals surface area contributed by atoms with Crippen molar-refractivity contribution in [2.24, 2.45) is 0 Å². The molecule has 17 heavy (non-hydrogen) atoms. The highest BCUT2D eigenvalue weighted by Crippen LogP contribution is 2.18. The Morgan fingerprint density at radius 2 is 1.82 bits per heavy atom. The lowest BCUT2D eigenvalue weighted by molar-refractivity contribution is 0.181. The summed E-state index contributed by atoms with van der Waals surface area (Å²) in [4.78, 5) is 4.88. The molecule has 98 valence electrons. The predicted molar refractivity (Wildman–Crippen MR) is 76.3 cm³/mol. The first-order chi connectivity index (χ1) is 8.29. The third-order valence-electron chi connectivity index (χ3n) is 3.88. The van der Waals surface area contributed by atoms with Gasteiger partial charge in [0.2, 0.25) is 0 Å². The van der Waals surface area contributed by atoms with Crippen molar-refractivity contribution >= 4 is 17.3 Å². The fraction of sp³-hybridized carbons (Fsp3) is 0.923. The van der Waals surface area contributed by atoms with Crippen molar-refractivity contribution in [2.75, 3.05) is 32.7 Å². The second-order valence-electron chi connectivity index (χ2n) is 5.26. The van der Waals surface area contributed by atoms with Gasteiger partial charge in [-0.3, -0.25) is 4.90 Å². The van der Waals surface area contributed by atoms with Gasteiger partial charge in [-0.1, -0.05) is 19.8 Å². The van der Waals surface area contributed by atoms with Gasteiger partial charge >= 0.3 is 0 Å². The summed E-state index contributed by atoms with van der Waals surface area (Å²) in [6, 6.07) is 0.649. The van der Waals surface area contributed by atoms with Crippen LogP contribution in [0.5, 0.6) is 0 Å². The number of rotatable bonds is 3. The number of hydrogen-bond acceptors (Lipinski definition) is 2. The molecule has 2 rings (SSSR count). The van der Waals surface area contributed by atoms with Crippen LogP contribution in [0.2, 0.25) is 0 Å². The molecule has 1 aliphatic heterocycles. The Balaban J connectivity index is 1.70. The first-order valence-corrected chi connectivity index (χ1v) is 7.48. The summed E-state index contributed by atoms with van der Waals surface area (Å²) < 4.78 is 0. The predicted octanol–water partition coefficient (Wildman–Crippen LogP) is 1.83. The van der Waals surface area contributed by atoms with Crippen molar-refractivity contribution in [1.82, 2.24) is 15.1 Å². The van der Waals surface area contributed by atoms with E-state index in [0.29, 0.717) is 6.04 Å². The summed E-state index contributed by atoms with van der Waals surface area (Å²) in [6.45, 7) is 8.01. The highest BCUT2D eigenvalue weighted by Gasteiger charge is 2.21. The van der Waals surface area contributed by atoms with E-state index in [9.17, 15) is 0 Å². The molecule has 0 atom stereocenters. The minimum Gasteiger partial charge on any atom is -0.360 e. The molecule has 0 aromatic heterocycles. The molecule has 0 aromatic carbocycles. The molecule has 4 heteroatoms. The summed E-state index contributed by atoms with van der Waals surface area (Å²) in [5, 5.41) is 4.53. The Morgan fingerprint density at radius 1 is 1.18 bits per heavy atom. The zero-order chi connectivity index (χ0) is 12.1. The second kappa shape index (κ2) is 6.55. The molecule has 0 radical (unpaired) electrons. The van der Waals surface area contributed by atoms with Crippen molar-refractivity contribution in [3.63, 3.8) is 0 Å².